The van der Waals surface area contributed by atoms with E-state index in [1.165, 1.54) is 0 Å². The Morgan fingerprint density at radius 3 is 2.92 bits per heavy atom. The van der Waals surface area contributed by atoms with E-state index in [-0.39, 0.29) is 6.03 Å². The average molecular weight is 344 g/mol. The number of aliphatic hydroxyl groups excluding tert-OH is 1. The molecule has 3 rings (SSSR count). The van der Waals surface area contributed by atoms with Crippen LogP contribution in [-0.2, 0) is 7.05 Å². The summed E-state index contributed by atoms with van der Waals surface area (Å²) in [4.78, 5) is 18.8. The summed E-state index contributed by atoms with van der Waals surface area (Å²) in [6.07, 6.45) is 4.62. The first kappa shape index (κ1) is 17.3. The summed E-state index contributed by atoms with van der Waals surface area (Å²) in [5.41, 5.74) is 0.838. The van der Waals surface area contributed by atoms with E-state index in [1.807, 2.05) is 42.1 Å². The van der Waals surface area contributed by atoms with Crippen molar-refractivity contribution in [3.63, 3.8) is 0 Å². The van der Waals surface area contributed by atoms with Crippen molar-refractivity contribution in [3.05, 3.63) is 48.0 Å². The molecule has 1 aromatic carbocycles. The van der Waals surface area contributed by atoms with Gasteiger partial charge in [0.1, 0.15) is 17.6 Å². The van der Waals surface area contributed by atoms with Gasteiger partial charge in [0, 0.05) is 38.1 Å². The highest BCUT2D eigenvalue weighted by molar-refractivity contribution is 5.75. The Kier molecular flexibility index (Phi) is 5.23. The predicted octanol–water partition coefficient (Wildman–Crippen LogP) is 1.68. The smallest absolute Gasteiger partial charge is 0.318 e. The first-order chi connectivity index (χ1) is 12.1. The summed E-state index contributed by atoms with van der Waals surface area (Å²) in [6.45, 7) is 0.993. The second-order valence-electron chi connectivity index (χ2n) is 6.26. The van der Waals surface area contributed by atoms with E-state index < -0.39 is 12.1 Å². The fourth-order valence-corrected chi connectivity index (χ4v) is 3.20. The number of β-amino-alcohol motifs (C(OH)–C–C–N with tert-alkyl or cyclic N) is 1. The van der Waals surface area contributed by atoms with Gasteiger partial charge in [-0.2, -0.15) is 0 Å². The van der Waals surface area contributed by atoms with E-state index in [0.717, 1.165) is 24.2 Å². The number of amides is 2. The van der Waals surface area contributed by atoms with Crippen molar-refractivity contribution >= 4 is 6.03 Å². The minimum atomic E-state index is -0.461. The van der Waals surface area contributed by atoms with E-state index in [2.05, 4.69) is 10.3 Å². The van der Waals surface area contributed by atoms with Gasteiger partial charge < -0.3 is 24.6 Å². The van der Waals surface area contributed by atoms with Crippen LogP contribution in [-0.4, -0.2) is 51.9 Å². The van der Waals surface area contributed by atoms with Crippen molar-refractivity contribution in [2.45, 2.75) is 25.0 Å². The molecule has 1 aromatic heterocycles. The van der Waals surface area contributed by atoms with Crippen LogP contribution >= 0.6 is 0 Å². The molecule has 2 N–H and O–H groups in total. The summed E-state index contributed by atoms with van der Waals surface area (Å²) in [5, 5.41) is 12.9. The van der Waals surface area contributed by atoms with Crippen molar-refractivity contribution < 1.29 is 14.6 Å². The van der Waals surface area contributed by atoms with Gasteiger partial charge in [0.2, 0.25) is 0 Å². The monoisotopic (exact) mass is 344 g/mol. The maximum Gasteiger partial charge on any atom is 0.318 e. The van der Waals surface area contributed by atoms with Crippen LogP contribution in [0, 0.1) is 0 Å². The number of nitrogens with one attached hydrogen (secondary N) is 1. The normalized spacial score (nSPS) is 18.7. The van der Waals surface area contributed by atoms with E-state index in [0.29, 0.717) is 18.8 Å². The highest BCUT2D eigenvalue weighted by atomic mass is 16.5. The van der Waals surface area contributed by atoms with Crippen LogP contribution in [0.5, 0.6) is 5.75 Å². The van der Waals surface area contributed by atoms with Crippen molar-refractivity contribution in [1.29, 1.82) is 0 Å². The lowest BCUT2D eigenvalue weighted by Crippen LogP contribution is -2.48. The molecule has 1 aliphatic rings. The van der Waals surface area contributed by atoms with Gasteiger partial charge in [0.15, 0.2) is 0 Å². The van der Waals surface area contributed by atoms with Gasteiger partial charge in [-0.25, -0.2) is 9.78 Å². The first-order valence-corrected chi connectivity index (χ1v) is 8.43. The third-order valence-electron chi connectivity index (χ3n) is 4.52. The highest BCUT2D eigenvalue weighted by Crippen LogP contribution is 2.29. The predicted molar refractivity (Wildman–Crippen MR) is 93.4 cm³/mol. The van der Waals surface area contributed by atoms with Gasteiger partial charge in [-0.15, -0.1) is 0 Å². The number of piperidine rings is 1. The number of likely N-dealkylation sites (tertiary alicyclic amines) is 1. The molecule has 2 unspecified atom stereocenters. The van der Waals surface area contributed by atoms with Gasteiger partial charge >= 0.3 is 6.03 Å². The number of nitrogens with zero attached hydrogens (tertiary/aromatic N) is 3. The highest BCUT2D eigenvalue weighted by Gasteiger charge is 2.28. The zero-order valence-corrected chi connectivity index (χ0v) is 14.6. The summed E-state index contributed by atoms with van der Waals surface area (Å²) in [6, 6.07) is 6.93. The Bertz CT molecular complexity index is 731. The number of aromatic nitrogens is 2. The lowest BCUT2D eigenvalue weighted by Gasteiger charge is -2.32. The van der Waals surface area contributed by atoms with Crippen LogP contribution in [0.2, 0.25) is 0 Å². The molecule has 1 saturated heterocycles. The van der Waals surface area contributed by atoms with E-state index >= 15 is 0 Å². The second kappa shape index (κ2) is 7.57. The van der Waals surface area contributed by atoms with Crippen LogP contribution in [0.15, 0.2) is 36.7 Å². The number of ether oxygens (including phenoxy) is 1. The number of aryl methyl sites for hydroxylation is 1. The summed E-state index contributed by atoms with van der Waals surface area (Å²) in [7, 11) is 3.50. The number of carbonyl (C=O) groups is 1. The molecule has 0 bridgehead atoms. The average Bonchev–Trinajstić information content (AvgIpc) is 3.05. The van der Waals surface area contributed by atoms with Crippen molar-refractivity contribution in [2.75, 3.05) is 20.2 Å². The third-order valence-corrected chi connectivity index (χ3v) is 4.52. The lowest BCUT2D eigenvalue weighted by atomic mass is 10.0. The van der Waals surface area contributed by atoms with Crippen LogP contribution < -0.4 is 10.1 Å². The Morgan fingerprint density at radius 2 is 2.24 bits per heavy atom. The zero-order chi connectivity index (χ0) is 17.8. The number of benzene rings is 1. The fraction of sp³-hybridized carbons (Fsp3) is 0.444. The molecule has 0 spiro atoms. The molecule has 0 aliphatic carbocycles. The molecule has 2 heterocycles. The summed E-state index contributed by atoms with van der Waals surface area (Å²) < 4.78 is 7.34. The Balaban J connectivity index is 1.89. The molecule has 25 heavy (non-hydrogen) atoms. The molecular weight excluding hydrogens is 320 g/mol. The van der Waals surface area contributed by atoms with Gasteiger partial charge in [0.05, 0.1) is 13.2 Å². The van der Waals surface area contributed by atoms with Crippen molar-refractivity contribution in [2.24, 2.45) is 7.05 Å². The molecule has 1 aliphatic heterocycles. The standard InChI is InChI=1S/C18H24N4O3/c1-21-11-9-19-17(21)16(14-7-3-4-8-15(14)25-2)20-18(24)22-10-5-6-13(23)12-22/h3-4,7-9,11,13,16,23H,5-6,10,12H2,1-2H3,(H,20,24). The molecule has 0 radical (unpaired) electrons. The lowest BCUT2D eigenvalue weighted by molar-refractivity contribution is 0.0835. The quantitative estimate of drug-likeness (QED) is 0.884. The van der Waals surface area contributed by atoms with Crippen molar-refractivity contribution in [1.82, 2.24) is 19.8 Å². The maximum atomic E-state index is 12.8. The minimum Gasteiger partial charge on any atom is -0.496 e. The minimum absolute atomic E-state index is 0.211. The summed E-state index contributed by atoms with van der Waals surface area (Å²) in [5.74, 6) is 1.41. The topological polar surface area (TPSA) is 79.6 Å². The number of aliphatic hydroxyl groups is 1. The van der Waals surface area contributed by atoms with Crippen LogP contribution in [0.3, 0.4) is 0 Å². The molecule has 0 saturated carbocycles. The second-order valence-corrected chi connectivity index (χ2v) is 6.26. The molecule has 134 valence electrons. The fourth-order valence-electron chi connectivity index (χ4n) is 3.20. The van der Waals surface area contributed by atoms with Crippen LogP contribution in [0.1, 0.15) is 30.3 Å². The van der Waals surface area contributed by atoms with Gasteiger partial charge in [-0.05, 0) is 18.9 Å². The van der Waals surface area contributed by atoms with Gasteiger partial charge in [-0.3, -0.25) is 0 Å². The number of para-hydroxylation sites is 1. The number of methoxy groups -OCH3 is 1. The largest absolute Gasteiger partial charge is 0.496 e. The number of hydrogen-bond acceptors (Lipinski definition) is 4. The molecule has 2 aromatic rings. The Labute approximate surface area is 147 Å². The van der Waals surface area contributed by atoms with Crippen LogP contribution in [0.25, 0.3) is 0 Å². The molecular formula is C18H24N4O3. The number of urea groups is 1. The molecule has 2 atom stereocenters. The number of rotatable bonds is 4. The zero-order valence-electron chi connectivity index (χ0n) is 14.6. The molecule has 7 nitrogen and oxygen atoms in total. The molecule has 2 amide bonds. The molecule has 7 heteroatoms. The number of hydrogen-bond donors (Lipinski definition) is 2. The number of carbonyl (C=O) groups excluding carboxylic acids is 1. The first-order valence-electron chi connectivity index (χ1n) is 8.43. The summed E-state index contributed by atoms with van der Waals surface area (Å²) >= 11 is 0. The molecule has 1 fully saturated rings. The Hall–Kier alpha value is -2.54. The Morgan fingerprint density at radius 1 is 1.44 bits per heavy atom. The van der Waals surface area contributed by atoms with E-state index in [4.69, 9.17) is 4.74 Å². The van der Waals surface area contributed by atoms with E-state index in [9.17, 15) is 9.90 Å². The van der Waals surface area contributed by atoms with Gasteiger partial charge in [-0.1, -0.05) is 18.2 Å². The number of imidazole rings is 1. The SMILES string of the molecule is COc1ccccc1C(NC(=O)N1CCCC(O)C1)c1nccn1C. The third kappa shape index (κ3) is 3.76. The van der Waals surface area contributed by atoms with E-state index in [1.54, 1.807) is 18.2 Å². The van der Waals surface area contributed by atoms with Crippen molar-refractivity contribution in [3.8, 4) is 5.75 Å². The van der Waals surface area contributed by atoms with Gasteiger partial charge in [0.25, 0.3) is 0 Å². The maximum absolute atomic E-state index is 12.8. The van der Waals surface area contributed by atoms with Crippen LogP contribution in [0.4, 0.5) is 4.79 Å².